The van der Waals surface area contributed by atoms with E-state index in [0.717, 1.165) is 6.42 Å². The molecule has 0 fully saturated rings. The fourth-order valence-electron chi connectivity index (χ4n) is 2.08. The summed E-state index contributed by atoms with van der Waals surface area (Å²) < 4.78 is 0. The molecule has 0 bridgehead atoms. The Hall–Kier alpha value is -1.79. The van der Waals surface area contributed by atoms with Gasteiger partial charge in [0.05, 0.1) is 11.3 Å². The Bertz CT molecular complexity index is 474. The quantitative estimate of drug-likeness (QED) is 0.528. The van der Waals surface area contributed by atoms with Crippen molar-refractivity contribution in [3.63, 3.8) is 0 Å². The van der Waals surface area contributed by atoms with E-state index in [-0.39, 0.29) is 6.04 Å². The Morgan fingerprint density at radius 3 is 2.55 bits per heavy atom. The van der Waals surface area contributed by atoms with Gasteiger partial charge in [0.1, 0.15) is 0 Å². The molecule has 0 radical (unpaired) electrons. The number of anilines is 1. The largest absolute Gasteiger partial charge is 0.381 e. The molecular weight excluding hydrogens is 260 g/mol. The number of benzene rings is 1. The number of carbonyl (C=O) groups excluding carboxylic acids is 1. The molecule has 4 N–H and O–H groups in total. The zero-order valence-electron chi connectivity index (χ0n) is 12.3. The summed E-state index contributed by atoms with van der Waals surface area (Å²) in [4.78, 5) is 16.2. The fraction of sp³-hybridized carbons (Fsp3) is 0.500. The van der Waals surface area contributed by atoms with Gasteiger partial charge in [-0.05, 0) is 35.9 Å². The highest BCUT2D eigenvalue weighted by atomic mass is 17.5. The Morgan fingerprint density at radius 1 is 1.45 bits per heavy atom. The molecule has 1 aromatic carbocycles. The minimum atomic E-state index is -0.523. The third kappa shape index (κ3) is 3.85. The first-order chi connectivity index (χ1) is 9.40. The summed E-state index contributed by atoms with van der Waals surface area (Å²) in [5, 5.41) is 15.4. The van der Waals surface area contributed by atoms with Crippen LogP contribution in [0.4, 0.5) is 5.69 Å². The van der Waals surface area contributed by atoms with Crippen LogP contribution in [0.2, 0.25) is 0 Å². The molecule has 112 valence electrons. The number of amides is 1. The topological polar surface area (TPSA) is 93.8 Å². The van der Waals surface area contributed by atoms with Crippen molar-refractivity contribution in [3.05, 3.63) is 23.3 Å². The average molecular weight is 282 g/mol. The highest BCUT2D eigenvalue weighted by Crippen LogP contribution is 2.28. The van der Waals surface area contributed by atoms with Crippen LogP contribution in [0.15, 0.2) is 12.1 Å². The number of nitrogens with one attached hydrogen (secondary N) is 1. The first-order valence-corrected chi connectivity index (χ1v) is 6.59. The van der Waals surface area contributed by atoms with Gasteiger partial charge in [0.25, 0.3) is 5.91 Å². The molecule has 0 aliphatic rings. The smallest absolute Gasteiger partial charge is 0.250 e. The van der Waals surface area contributed by atoms with Crippen molar-refractivity contribution in [2.24, 2.45) is 11.7 Å². The minimum Gasteiger partial charge on any atom is -0.381 e. The first kappa shape index (κ1) is 16.3. The normalized spacial score (nSPS) is 12.3. The van der Waals surface area contributed by atoms with Crippen molar-refractivity contribution >= 4 is 11.6 Å². The second kappa shape index (κ2) is 7.12. The van der Waals surface area contributed by atoms with Gasteiger partial charge in [0.2, 0.25) is 0 Å². The third-order valence-corrected chi connectivity index (χ3v) is 3.29. The van der Waals surface area contributed by atoms with Gasteiger partial charge in [-0.25, -0.2) is 5.26 Å². The highest BCUT2D eigenvalue weighted by molar-refractivity contribution is 5.99. The molecule has 0 heterocycles. The van der Waals surface area contributed by atoms with Crippen LogP contribution in [0.1, 0.15) is 43.1 Å². The van der Waals surface area contributed by atoms with Crippen molar-refractivity contribution in [1.82, 2.24) is 0 Å². The molecule has 0 saturated heterocycles. The van der Waals surface area contributed by atoms with Crippen LogP contribution in [-0.4, -0.2) is 17.2 Å². The van der Waals surface area contributed by atoms with E-state index in [1.807, 2.05) is 0 Å². The maximum absolute atomic E-state index is 11.5. The molecule has 0 aliphatic carbocycles. The second-order valence-corrected chi connectivity index (χ2v) is 5.09. The van der Waals surface area contributed by atoms with E-state index >= 15 is 0 Å². The average Bonchev–Trinajstić information content (AvgIpc) is 2.38. The summed E-state index contributed by atoms with van der Waals surface area (Å²) in [5.41, 5.74) is 6.98. The predicted octanol–water partition coefficient (Wildman–Crippen LogP) is 2.72. The molecular formula is C14H22N2O4. The van der Waals surface area contributed by atoms with Crippen LogP contribution in [0.3, 0.4) is 0 Å². The van der Waals surface area contributed by atoms with E-state index in [1.54, 1.807) is 19.1 Å². The summed E-state index contributed by atoms with van der Waals surface area (Å²) in [6.07, 6.45) is 0.899. The van der Waals surface area contributed by atoms with Gasteiger partial charge in [-0.1, -0.05) is 20.8 Å². The summed E-state index contributed by atoms with van der Waals surface area (Å²) in [7, 11) is 0. The summed E-state index contributed by atoms with van der Waals surface area (Å²) in [6, 6.07) is 3.39. The molecule has 0 spiro atoms. The lowest BCUT2D eigenvalue weighted by atomic mass is 10.00. The molecule has 1 unspecified atom stereocenters. The lowest BCUT2D eigenvalue weighted by Crippen LogP contribution is -2.26. The maximum Gasteiger partial charge on any atom is 0.250 e. The van der Waals surface area contributed by atoms with Crippen molar-refractivity contribution in [2.75, 3.05) is 5.32 Å². The van der Waals surface area contributed by atoms with Gasteiger partial charge < -0.3 is 15.9 Å². The van der Waals surface area contributed by atoms with Gasteiger partial charge in [0, 0.05) is 12.1 Å². The molecule has 0 aliphatic heterocycles. The van der Waals surface area contributed by atoms with Gasteiger partial charge in [0.15, 0.2) is 5.75 Å². The van der Waals surface area contributed by atoms with Gasteiger partial charge >= 0.3 is 0 Å². The molecule has 1 aromatic rings. The second-order valence-electron chi connectivity index (χ2n) is 5.09. The van der Waals surface area contributed by atoms with Crippen molar-refractivity contribution in [3.8, 4) is 5.75 Å². The van der Waals surface area contributed by atoms with E-state index < -0.39 is 5.91 Å². The van der Waals surface area contributed by atoms with Crippen LogP contribution in [0, 0.1) is 12.8 Å². The van der Waals surface area contributed by atoms with E-state index in [1.165, 1.54) is 0 Å². The number of aryl methyl sites for hydroxylation is 1. The standard InChI is InChI=1S/C14H22N2O4/c1-5-11(8(2)3)16-12-7-13(19-20-18)9(4)6-10(12)14(15)17/h6-8,11,16,18H,5H2,1-4H3,(H2,15,17). The Balaban J connectivity index is 3.19. The molecule has 20 heavy (non-hydrogen) atoms. The SMILES string of the molecule is CCC(Nc1cc(OOO)c(C)cc1C(N)=O)C(C)C. The minimum absolute atomic E-state index is 0.193. The molecule has 6 nitrogen and oxygen atoms in total. The maximum atomic E-state index is 11.5. The first-order valence-electron chi connectivity index (χ1n) is 6.59. The fourth-order valence-corrected chi connectivity index (χ4v) is 2.08. The number of hydrogen-bond acceptors (Lipinski definition) is 5. The number of rotatable bonds is 7. The number of primary amides is 1. The highest BCUT2D eigenvalue weighted by Gasteiger charge is 2.17. The summed E-state index contributed by atoms with van der Waals surface area (Å²) >= 11 is 0. The van der Waals surface area contributed by atoms with Crippen LogP contribution in [-0.2, 0) is 5.04 Å². The summed E-state index contributed by atoms with van der Waals surface area (Å²) in [5.74, 6) is 0.185. The zero-order valence-corrected chi connectivity index (χ0v) is 12.3. The molecule has 1 amide bonds. The number of nitrogens with two attached hydrogens (primary N) is 1. The van der Waals surface area contributed by atoms with Crippen molar-refractivity contribution in [1.29, 1.82) is 0 Å². The molecule has 0 saturated carbocycles. The van der Waals surface area contributed by atoms with Gasteiger partial charge in [-0.3, -0.25) is 4.79 Å². The van der Waals surface area contributed by atoms with E-state index in [2.05, 4.69) is 36.0 Å². The van der Waals surface area contributed by atoms with Crippen LogP contribution in [0.5, 0.6) is 5.75 Å². The lowest BCUT2D eigenvalue weighted by molar-refractivity contribution is -0.439. The van der Waals surface area contributed by atoms with Gasteiger partial charge in [-0.15, -0.1) is 0 Å². The van der Waals surface area contributed by atoms with E-state index in [9.17, 15) is 4.79 Å². The van der Waals surface area contributed by atoms with Gasteiger partial charge in [-0.2, -0.15) is 0 Å². The number of carbonyl (C=O) groups is 1. The zero-order chi connectivity index (χ0) is 15.3. The third-order valence-electron chi connectivity index (χ3n) is 3.29. The summed E-state index contributed by atoms with van der Waals surface area (Å²) in [6.45, 7) is 7.97. The Kier molecular flexibility index (Phi) is 5.79. The molecule has 6 heteroatoms. The Labute approximate surface area is 118 Å². The Morgan fingerprint density at radius 2 is 2.10 bits per heavy atom. The predicted molar refractivity (Wildman–Crippen MR) is 76.6 cm³/mol. The lowest BCUT2D eigenvalue weighted by Gasteiger charge is -2.23. The van der Waals surface area contributed by atoms with Crippen LogP contribution >= 0.6 is 0 Å². The molecule has 1 rings (SSSR count). The van der Waals surface area contributed by atoms with Crippen LogP contribution < -0.4 is 15.9 Å². The van der Waals surface area contributed by atoms with Crippen LogP contribution in [0.25, 0.3) is 0 Å². The van der Waals surface area contributed by atoms with Crippen molar-refractivity contribution in [2.45, 2.75) is 40.2 Å². The number of hydrogen-bond donors (Lipinski definition) is 3. The van der Waals surface area contributed by atoms with E-state index in [4.69, 9.17) is 11.0 Å². The molecule has 1 atom stereocenters. The monoisotopic (exact) mass is 282 g/mol. The van der Waals surface area contributed by atoms with Crippen molar-refractivity contribution < 1.29 is 20.0 Å². The van der Waals surface area contributed by atoms with E-state index in [0.29, 0.717) is 28.5 Å². The molecule has 0 aromatic heterocycles.